The standard InChI is InChI=1S/C68H45N/c1-5-21-46(22-6-1)48-37-42-66(58(43-48)47-23-7-2-8-24-47)69(52-38-40-57-55-31-13-17-33-60(55)67(65(57)45-52,49-25-9-3-10-26-49)50-27-11-4-12-28-50)51-39-41-64-59(44-51)56-32-16-20-36-63(56)68(64)61-34-18-14-29-53(61)54-30-15-19-35-62(54)68/h1-45H. The minimum absolute atomic E-state index is 0.431. The Hall–Kier alpha value is -8.78. The lowest BCUT2D eigenvalue weighted by atomic mass is 9.67. The van der Waals surface area contributed by atoms with Crippen molar-refractivity contribution in [1.82, 2.24) is 0 Å². The zero-order valence-electron chi connectivity index (χ0n) is 37.9. The number of hydrogen-bond donors (Lipinski definition) is 0. The van der Waals surface area contributed by atoms with Crippen LogP contribution in [0.2, 0.25) is 0 Å². The Balaban J connectivity index is 1.06. The maximum absolute atomic E-state index is 2.53. The fourth-order valence-electron chi connectivity index (χ4n) is 12.6. The smallest absolute Gasteiger partial charge is 0.0725 e. The Bertz CT molecular complexity index is 3690. The number of rotatable bonds is 7. The highest BCUT2D eigenvalue weighted by Crippen LogP contribution is 2.64. The van der Waals surface area contributed by atoms with Gasteiger partial charge < -0.3 is 4.90 Å². The number of benzene rings is 11. The van der Waals surface area contributed by atoms with Crippen LogP contribution >= 0.6 is 0 Å². The molecule has 1 nitrogen and oxygen atoms in total. The first kappa shape index (κ1) is 39.4. The van der Waals surface area contributed by atoms with Gasteiger partial charge in [0.15, 0.2) is 0 Å². The molecule has 0 unspecified atom stereocenters. The molecule has 0 fully saturated rings. The van der Waals surface area contributed by atoms with Crippen molar-refractivity contribution in [3.8, 4) is 55.6 Å². The molecule has 11 aromatic carbocycles. The van der Waals surface area contributed by atoms with Crippen molar-refractivity contribution in [2.24, 2.45) is 0 Å². The van der Waals surface area contributed by atoms with Gasteiger partial charge in [-0.05, 0) is 131 Å². The van der Waals surface area contributed by atoms with Gasteiger partial charge in [-0.15, -0.1) is 0 Å². The van der Waals surface area contributed by atoms with Crippen LogP contribution in [0.3, 0.4) is 0 Å². The first-order valence-corrected chi connectivity index (χ1v) is 24.1. The zero-order chi connectivity index (χ0) is 45.5. The van der Waals surface area contributed by atoms with Crippen molar-refractivity contribution in [3.63, 3.8) is 0 Å². The molecule has 0 heterocycles. The molecule has 11 aromatic rings. The predicted octanol–water partition coefficient (Wildman–Crippen LogP) is 17.2. The van der Waals surface area contributed by atoms with E-state index in [9.17, 15) is 0 Å². The van der Waals surface area contributed by atoms with E-state index in [1.54, 1.807) is 0 Å². The topological polar surface area (TPSA) is 3.24 Å². The van der Waals surface area contributed by atoms with Crippen molar-refractivity contribution in [2.45, 2.75) is 10.8 Å². The number of anilines is 3. The highest BCUT2D eigenvalue weighted by molar-refractivity contribution is 5.99. The third-order valence-electron chi connectivity index (χ3n) is 15.4. The van der Waals surface area contributed by atoms with Crippen LogP contribution in [-0.4, -0.2) is 0 Å². The Labute approximate surface area is 403 Å². The molecule has 0 aromatic heterocycles. The van der Waals surface area contributed by atoms with Gasteiger partial charge in [0.25, 0.3) is 0 Å². The van der Waals surface area contributed by atoms with Gasteiger partial charge in [0.1, 0.15) is 0 Å². The second-order valence-electron chi connectivity index (χ2n) is 18.7. The van der Waals surface area contributed by atoms with E-state index in [0.717, 1.165) is 28.2 Å². The highest BCUT2D eigenvalue weighted by atomic mass is 15.1. The van der Waals surface area contributed by atoms with Crippen molar-refractivity contribution in [3.05, 3.63) is 317 Å². The summed E-state index contributed by atoms with van der Waals surface area (Å²) in [6.45, 7) is 0. The largest absolute Gasteiger partial charge is 0.310 e. The summed E-state index contributed by atoms with van der Waals surface area (Å²) in [5.74, 6) is 0. The highest BCUT2D eigenvalue weighted by Gasteiger charge is 2.52. The van der Waals surface area contributed by atoms with Crippen LogP contribution in [0.4, 0.5) is 17.1 Å². The van der Waals surface area contributed by atoms with Crippen LogP contribution in [0.1, 0.15) is 44.5 Å². The lowest BCUT2D eigenvalue weighted by molar-refractivity contribution is 0.768. The Morgan fingerprint density at radius 3 is 1.17 bits per heavy atom. The summed E-state index contributed by atoms with van der Waals surface area (Å²) in [6, 6.07) is 102. The van der Waals surface area contributed by atoms with E-state index in [0.29, 0.717) is 0 Å². The molecular formula is C68H45N. The van der Waals surface area contributed by atoms with Gasteiger partial charge in [0.05, 0.1) is 16.5 Å². The summed E-state index contributed by atoms with van der Waals surface area (Å²) in [4.78, 5) is 2.53. The summed E-state index contributed by atoms with van der Waals surface area (Å²) >= 11 is 0. The van der Waals surface area contributed by atoms with Crippen LogP contribution in [0, 0.1) is 0 Å². The fourth-order valence-corrected chi connectivity index (χ4v) is 12.6. The van der Waals surface area contributed by atoms with Gasteiger partial charge >= 0.3 is 0 Å². The summed E-state index contributed by atoms with van der Waals surface area (Å²) < 4.78 is 0. The molecule has 69 heavy (non-hydrogen) atoms. The molecule has 0 radical (unpaired) electrons. The minimum atomic E-state index is -0.554. The third kappa shape index (κ3) is 5.59. The van der Waals surface area contributed by atoms with E-state index in [1.807, 2.05) is 0 Å². The lowest BCUT2D eigenvalue weighted by Crippen LogP contribution is -2.28. The molecule has 0 bridgehead atoms. The Morgan fingerprint density at radius 1 is 0.217 bits per heavy atom. The first-order chi connectivity index (χ1) is 34.2. The van der Waals surface area contributed by atoms with Crippen LogP contribution in [-0.2, 0) is 10.8 Å². The van der Waals surface area contributed by atoms with E-state index in [4.69, 9.17) is 0 Å². The maximum Gasteiger partial charge on any atom is 0.0725 e. The van der Waals surface area contributed by atoms with E-state index < -0.39 is 10.8 Å². The maximum atomic E-state index is 2.53. The number of hydrogen-bond acceptors (Lipinski definition) is 1. The molecule has 0 atom stereocenters. The molecule has 0 amide bonds. The predicted molar refractivity (Wildman–Crippen MR) is 286 cm³/mol. The second-order valence-corrected chi connectivity index (χ2v) is 18.7. The zero-order valence-corrected chi connectivity index (χ0v) is 37.9. The molecule has 0 saturated carbocycles. The van der Waals surface area contributed by atoms with Crippen molar-refractivity contribution in [1.29, 1.82) is 0 Å². The molecule has 14 rings (SSSR count). The van der Waals surface area contributed by atoms with E-state index in [1.165, 1.54) is 89.0 Å². The average Bonchev–Trinajstić information content (AvgIpc) is 4.02. The lowest BCUT2D eigenvalue weighted by Gasteiger charge is -2.35. The van der Waals surface area contributed by atoms with Crippen LogP contribution in [0.5, 0.6) is 0 Å². The van der Waals surface area contributed by atoms with Crippen molar-refractivity contribution >= 4 is 17.1 Å². The van der Waals surface area contributed by atoms with Gasteiger partial charge in [0.2, 0.25) is 0 Å². The average molecular weight is 876 g/mol. The van der Waals surface area contributed by atoms with Crippen molar-refractivity contribution in [2.75, 3.05) is 4.90 Å². The van der Waals surface area contributed by atoms with Gasteiger partial charge in [-0.25, -0.2) is 0 Å². The van der Waals surface area contributed by atoms with Crippen LogP contribution in [0.15, 0.2) is 273 Å². The van der Waals surface area contributed by atoms with Gasteiger partial charge in [-0.1, -0.05) is 237 Å². The monoisotopic (exact) mass is 875 g/mol. The quantitative estimate of drug-likeness (QED) is 0.154. The summed E-state index contributed by atoms with van der Waals surface area (Å²) in [5, 5.41) is 0. The molecule has 1 spiro atoms. The van der Waals surface area contributed by atoms with E-state index >= 15 is 0 Å². The minimum Gasteiger partial charge on any atom is -0.310 e. The Kier molecular flexibility index (Phi) is 8.78. The van der Waals surface area contributed by atoms with Gasteiger partial charge in [-0.3, -0.25) is 0 Å². The number of nitrogens with zero attached hydrogens (tertiary/aromatic N) is 1. The van der Waals surface area contributed by atoms with Gasteiger partial charge in [0, 0.05) is 16.9 Å². The number of fused-ring (bicyclic) bond motifs is 13. The Morgan fingerprint density at radius 2 is 0.623 bits per heavy atom. The third-order valence-corrected chi connectivity index (χ3v) is 15.4. The van der Waals surface area contributed by atoms with E-state index in [-0.39, 0.29) is 0 Å². The SMILES string of the molecule is c1ccc(-c2ccc(N(c3ccc4c(c3)-c3ccccc3C43c4ccccc4-c4ccccc43)c3ccc4c(c3)C(c3ccccc3)(c3ccccc3)c3ccccc3-4)c(-c3ccccc3)c2)cc1. The fraction of sp³-hybridized carbons (Fsp3) is 0.0294. The molecular weight excluding hydrogens is 831 g/mol. The molecule has 3 aliphatic carbocycles. The summed E-state index contributed by atoms with van der Waals surface area (Å²) in [6.07, 6.45) is 0. The first-order valence-electron chi connectivity index (χ1n) is 24.1. The molecule has 322 valence electrons. The normalized spacial score (nSPS) is 13.7. The van der Waals surface area contributed by atoms with Gasteiger partial charge in [-0.2, -0.15) is 0 Å². The molecule has 1 heteroatoms. The second kappa shape index (κ2) is 15.4. The van der Waals surface area contributed by atoms with Crippen LogP contribution < -0.4 is 4.90 Å². The molecule has 0 saturated heterocycles. The van der Waals surface area contributed by atoms with Crippen molar-refractivity contribution < 1.29 is 0 Å². The molecule has 3 aliphatic rings. The molecule has 0 aliphatic heterocycles. The van der Waals surface area contributed by atoms with Crippen LogP contribution in [0.25, 0.3) is 55.6 Å². The van der Waals surface area contributed by atoms with E-state index in [2.05, 4.69) is 278 Å². The summed E-state index contributed by atoms with van der Waals surface area (Å²) in [5.41, 5.74) is 25.1. The molecule has 0 N–H and O–H groups in total. The summed E-state index contributed by atoms with van der Waals surface area (Å²) in [7, 11) is 0.